The smallest absolute Gasteiger partial charge is 0.259 e. The Morgan fingerprint density at radius 1 is 1.16 bits per heavy atom. The van der Waals surface area contributed by atoms with E-state index in [9.17, 15) is 9.59 Å². The molecule has 0 aliphatic carbocycles. The Balaban J connectivity index is 1.59. The van der Waals surface area contributed by atoms with E-state index in [1.807, 2.05) is 62.4 Å². The van der Waals surface area contributed by atoms with Crippen molar-refractivity contribution in [1.29, 1.82) is 0 Å². The molecule has 160 valence electrons. The standard InChI is InChI=1S/C24H26N4O2S/c1-14(2)12-20-23(30)28-21(26-20)18-10-5-6-11-19(18)27-24(28)31-16(4)22(29)25-17-9-7-8-15(3)13-17/h5-11,13-14,16,20H,12H2,1-4H3,(H,25,29)/t16-,20-/m0/s1. The van der Waals surface area contributed by atoms with Gasteiger partial charge in [0.2, 0.25) is 5.91 Å². The Morgan fingerprint density at radius 2 is 1.94 bits per heavy atom. The lowest BCUT2D eigenvalue weighted by Crippen LogP contribution is -2.42. The molecule has 0 bridgehead atoms. The summed E-state index contributed by atoms with van der Waals surface area (Å²) in [6.07, 6.45) is 0.683. The van der Waals surface area contributed by atoms with Crippen LogP contribution in [0.3, 0.4) is 0 Å². The maximum absolute atomic E-state index is 13.2. The normalized spacial score (nSPS) is 18.3. The number of para-hydroxylation sites is 1. The Kier molecular flexibility index (Phi) is 5.96. The molecule has 0 radical (unpaired) electrons. The molecule has 0 spiro atoms. The maximum Gasteiger partial charge on any atom is 0.259 e. The molecular weight excluding hydrogens is 408 g/mol. The summed E-state index contributed by atoms with van der Waals surface area (Å²) < 4.78 is 0. The molecule has 0 aromatic heterocycles. The fourth-order valence-electron chi connectivity index (χ4n) is 3.66. The summed E-state index contributed by atoms with van der Waals surface area (Å²) in [7, 11) is 0. The third-order valence-electron chi connectivity index (χ3n) is 5.18. The van der Waals surface area contributed by atoms with Crippen LogP contribution in [0.2, 0.25) is 0 Å². The van der Waals surface area contributed by atoms with Gasteiger partial charge in [0.25, 0.3) is 5.91 Å². The summed E-state index contributed by atoms with van der Waals surface area (Å²) in [4.78, 5) is 37.1. The minimum atomic E-state index is -0.442. The van der Waals surface area contributed by atoms with Crippen LogP contribution in [0.1, 0.15) is 38.3 Å². The van der Waals surface area contributed by atoms with Crippen molar-refractivity contribution in [1.82, 2.24) is 4.90 Å². The third kappa shape index (κ3) is 4.42. The average molecular weight is 435 g/mol. The molecule has 2 aromatic carbocycles. The highest BCUT2D eigenvalue weighted by atomic mass is 32.2. The zero-order valence-electron chi connectivity index (χ0n) is 18.1. The van der Waals surface area contributed by atoms with Gasteiger partial charge in [-0.1, -0.05) is 49.9 Å². The van der Waals surface area contributed by atoms with E-state index < -0.39 is 11.3 Å². The Hall–Kier alpha value is -2.93. The van der Waals surface area contributed by atoms with Gasteiger partial charge in [0.15, 0.2) is 5.17 Å². The molecule has 6 nitrogen and oxygen atoms in total. The van der Waals surface area contributed by atoms with Gasteiger partial charge in [-0.25, -0.2) is 9.89 Å². The number of fused-ring (bicyclic) bond motifs is 3. The van der Waals surface area contributed by atoms with Crippen molar-refractivity contribution < 1.29 is 9.59 Å². The van der Waals surface area contributed by atoms with Crippen molar-refractivity contribution in [2.75, 3.05) is 5.32 Å². The molecule has 0 saturated carbocycles. The number of nitrogens with one attached hydrogen (secondary N) is 1. The second kappa shape index (κ2) is 8.67. The molecule has 4 rings (SSSR count). The van der Waals surface area contributed by atoms with Crippen LogP contribution >= 0.6 is 11.8 Å². The van der Waals surface area contributed by atoms with Gasteiger partial charge >= 0.3 is 0 Å². The van der Waals surface area contributed by atoms with Gasteiger partial charge in [0, 0.05) is 11.3 Å². The molecule has 0 unspecified atom stereocenters. The fourth-order valence-corrected chi connectivity index (χ4v) is 4.57. The molecular formula is C24H26N4O2S. The van der Waals surface area contributed by atoms with Gasteiger partial charge in [-0.2, -0.15) is 0 Å². The van der Waals surface area contributed by atoms with Crippen LogP contribution in [0.25, 0.3) is 0 Å². The molecule has 2 aromatic rings. The SMILES string of the molecule is Cc1cccc(NC(=O)[C@H](C)SC2=Nc3ccccc3C3=N[C@@H](CC(C)C)C(=O)N23)c1. The largest absolute Gasteiger partial charge is 0.325 e. The van der Waals surface area contributed by atoms with E-state index >= 15 is 0 Å². The van der Waals surface area contributed by atoms with E-state index in [2.05, 4.69) is 19.2 Å². The number of carbonyl (C=O) groups is 2. The summed E-state index contributed by atoms with van der Waals surface area (Å²) in [5.74, 6) is 0.772. The lowest BCUT2D eigenvalue weighted by molar-refractivity contribution is -0.125. The number of aliphatic imine (C=N–C) groups is 2. The number of amidine groups is 2. The first-order chi connectivity index (χ1) is 14.8. The highest BCUT2D eigenvalue weighted by Gasteiger charge is 2.42. The van der Waals surface area contributed by atoms with Crippen LogP contribution < -0.4 is 5.32 Å². The van der Waals surface area contributed by atoms with Gasteiger partial charge in [-0.05, 0) is 56.0 Å². The van der Waals surface area contributed by atoms with Crippen LogP contribution in [-0.4, -0.2) is 39.0 Å². The average Bonchev–Trinajstić information content (AvgIpc) is 3.04. The molecule has 0 fully saturated rings. The van der Waals surface area contributed by atoms with Gasteiger partial charge in [0.1, 0.15) is 11.9 Å². The van der Waals surface area contributed by atoms with Crippen LogP contribution in [0.4, 0.5) is 11.4 Å². The van der Waals surface area contributed by atoms with Crippen LogP contribution in [0.5, 0.6) is 0 Å². The van der Waals surface area contributed by atoms with Crippen LogP contribution in [0, 0.1) is 12.8 Å². The van der Waals surface area contributed by atoms with Crippen LogP contribution in [-0.2, 0) is 9.59 Å². The highest BCUT2D eigenvalue weighted by Crippen LogP contribution is 2.35. The molecule has 2 amide bonds. The molecule has 2 atom stereocenters. The zero-order valence-corrected chi connectivity index (χ0v) is 18.9. The maximum atomic E-state index is 13.2. The third-order valence-corrected chi connectivity index (χ3v) is 6.23. The monoisotopic (exact) mass is 434 g/mol. The molecule has 2 aliphatic heterocycles. The second-order valence-corrected chi connectivity index (χ2v) is 9.61. The Bertz CT molecular complexity index is 1090. The summed E-state index contributed by atoms with van der Waals surface area (Å²) >= 11 is 1.28. The lowest BCUT2D eigenvalue weighted by Gasteiger charge is -2.27. The predicted molar refractivity (Wildman–Crippen MR) is 127 cm³/mol. The van der Waals surface area contributed by atoms with Crippen molar-refractivity contribution >= 4 is 46.0 Å². The van der Waals surface area contributed by atoms with Gasteiger partial charge in [0.05, 0.1) is 10.9 Å². The summed E-state index contributed by atoms with van der Waals surface area (Å²) in [5.41, 5.74) is 3.45. The predicted octanol–water partition coefficient (Wildman–Crippen LogP) is 4.76. The molecule has 1 N–H and O–H groups in total. The molecule has 7 heteroatoms. The van der Waals surface area contributed by atoms with Crippen LogP contribution in [0.15, 0.2) is 58.5 Å². The quantitative estimate of drug-likeness (QED) is 0.737. The molecule has 0 saturated heterocycles. The van der Waals surface area contributed by atoms with Crippen molar-refractivity contribution in [2.24, 2.45) is 15.9 Å². The number of carbonyl (C=O) groups excluding carboxylic acids is 2. The number of amides is 2. The summed E-state index contributed by atoms with van der Waals surface area (Å²) in [6.45, 7) is 7.97. The number of nitrogens with zero attached hydrogens (tertiary/aromatic N) is 3. The van der Waals surface area contributed by atoms with E-state index in [1.165, 1.54) is 11.8 Å². The fraction of sp³-hybridized carbons (Fsp3) is 0.333. The minimum Gasteiger partial charge on any atom is -0.325 e. The van der Waals surface area contributed by atoms with E-state index in [1.54, 1.807) is 4.90 Å². The minimum absolute atomic E-state index is 0.0734. The Morgan fingerprint density at radius 3 is 2.68 bits per heavy atom. The van der Waals surface area contributed by atoms with Gasteiger partial charge < -0.3 is 5.32 Å². The highest BCUT2D eigenvalue weighted by molar-refractivity contribution is 8.15. The summed E-state index contributed by atoms with van der Waals surface area (Å²) in [6, 6.07) is 14.9. The molecule has 2 heterocycles. The number of hydrogen-bond donors (Lipinski definition) is 1. The van der Waals surface area contributed by atoms with Crippen molar-refractivity contribution in [3.8, 4) is 0 Å². The van der Waals surface area contributed by atoms with Gasteiger partial charge in [-0.15, -0.1) is 0 Å². The van der Waals surface area contributed by atoms with Gasteiger partial charge in [-0.3, -0.25) is 14.6 Å². The first-order valence-electron chi connectivity index (χ1n) is 10.5. The number of aryl methyl sites for hydroxylation is 1. The number of rotatable bonds is 5. The van der Waals surface area contributed by atoms with Crippen molar-refractivity contribution in [2.45, 2.75) is 45.4 Å². The lowest BCUT2D eigenvalue weighted by atomic mass is 10.0. The number of hydrogen-bond acceptors (Lipinski definition) is 5. The number of anilines is 1. The first-order valence-corrected chi connectivity index (χ1v) is 11.4. The Labute approximate surface area is 186 Å². The molecule has 2 aliphatic rings. The second-order valence-electron chi connectivity index (χ2n) is 8.30. The van der Waals surface area contributed by atoms with Crippen molar-refractivity contribution in [3.05, 3.63) is 59.7 Å². The van der Waals surface area contributed by atoms with E-state index in [4.69, 9.17) is 9.98 Å². The molecule has 31 heavy (non-hydrogen) atoms. The zero-order chi connectivity index (χ0) is 22.1. The number of thioether (sulfide) groups is 1. The number of benzene rings is 2. The van der Waals surface area contributed by atoms with Crippen molar-refractivity contribution in [3.63, 3.8) is 0 Å². The topological polar surface area (TPSA) is 74.1 Å². The van der Waals surface area contributed by atoms with E-state index in [-0.39, 0.29) is 11.8 Å². The van der Waals surface area contributed by atoms with E-state index in [0.717, 1.165) is 22.5 Å². The first kappa shape index (κ1) is 21.3. The summed E-state index contributed by atoms with van der Waals surface area (Å²) in [5, 5.41) is 3.01. The van der Waals surface area contributed by atoms with E-state index in [0.29, 0.717) is 23.3 Å².